The van der Waals surface area contributed by atoms with Crippen LogP contribution in [0.1, 0.15) is 32.1 Å². The molecule has 0 spiro atoms. The van der Waals surface area contributed by atoms with Gasteiger partial charge in [-0.1, -0.05) is 0 Å². The number of unbranched alkanes of at least 4 members (excludes halogenated alkanes) is 2. The van der Waals surface area contributed by atoms with Crippen LogP contribution in [0.3, 0.4) is 0 Å². The Balaban J connectivity index is 3.89. The molecule has 0 fully saturated rings. The highest BCUT2D eigenvalue weighted by atomic mass is 16.5. The molecule has 6 heteroatoms. The quantitative estimate of drug-likeness (QED) is 0.416. The lowest BCUT2D eigenvalue weighted by atomic mass is 10.1. The predicted molar refractivity (Wildman–Crippen MR) is 66.9 cm³/mol. The van der Waals surface area contributed by atoms with Crippen molar-refractivity contribution in [1.29, 1.82) is 0 Å². The number of hydrogen-bond acceptors (Lipinski definition) is 4. The summed E-state index contributed by atoms with van der Waals surface area (Å²) in [6, 6.07) is -0.934. The number of carboxylic acid groups (broad SMARTS) is 1. The van der Waals surface area contributed by atoms with Gasteiger partial charge in [-0.25, -0.2) is 9.59 Å². The fourth-order valence-electron chi connectivity index (χ4n) is 1.27. The Morgan fingerprint density at radius 3 is 2.67 bits per heavy atom. The highest BCUT2D eigenvalue weighted by molar-refractivity contribution is 5.79. The molecule has 1 atom stereocenters. The van der Waals surface area contributed by atoms with Gasteiger partial charge in [0.15, 0.2) is 0 Å². The maximum Gasteiger partial charge on any atom is 0.407 e. The number of ether oxygens (including phenoxy) is 1. The second-order valence-electron chi connectivity index (χ2n) is 3.76. The molecule has 0 rings (SSSR count). The fourth-order valence-corrected chi connectivity index (χ4v) is 1.27. The lowest BCUT2D eigenvalue weighted by Crippen LogP contribution is -2.41. The molecule has 0 radical (unpaired) electrons. The van der Waals surface area contributed by atoms with Gasteiger partial charge in [-0.2, -0.15) is 0 Å². The number of hydrogen-bond donors (Lipinski definition) is 3. The highest BCUT2D eigenvalue weighted by Crippen LogP contribution is 2.01. The van der Waals surface area contributed by atoms with Crippen LogP contribution in [0.15, 0.2) is 0 Å². The molecule has 0 aliphatic carbocycles. The molecule has 0 aromatic rings. The first-order chi connectivity index (χ1) is 8.61. The van der Waals surface area contributed by atoms with E-state index in [4.69, 9.17) is 22.0 Å². The van der Waals surface area contributed by atoms with E-state index in [-0.39, 0.29) is 6.61 Å². The van der Waals surface area contributed by atoms with Crippen molar-refractivity contribution in [2.24, 2.45) is 5.73 Å². The maximum atomic E-state index is 11.3. The minimum atomic E-state index is -1.08. The molecular weight excluding hydrogens is 236 g/mol. The summed E-state index contributed by atoms with van der Waals surface area (Å²) >= 11 is 0. The van der Waals surface area contributed by atoms with Crippen LogP contribution in [-0.4, -0.2) is 36.4 Å². The molecule has 0 aliphatic rings. The van der Waals surface area contributed by atoms with Gasteiger partial charge in [0.1, 0.15) is 6.04 Å². The van der Waals surface area contributed by atoms with E-state index in [1.165, 1.54) is 0 Å². The number of alkyl carbamates (subject to hydrolysis) is 1. The van der Waals surface area contributed by atoms with Gasteiger partial charge in [-0.15, -0.1) is 12.3 Å². The van der Waals surface area contributed by atoms with Crippen molar-refractivity contribution in [1.82, 2.24) is 5.32 Å². The van der Waals surface area contributed by atoms with E-state index in [9.17, 15) is 9.59 Å². The molecule has 0 saturated heterocycles. The molecule has 0 heterocycles. The number of nitrogens with one attached hydrogen (secondary N) is 1. The summed E-state index contributed by atoms with van der Waals surface area (Å²) in [5.74, 6) is 1.34. The van der Waals surface area contributed by atoms with Crippen molar-refractivity contribution < 1.29 is 19.4 Å². The first kappa shape index (κ1) is 16.3. The Morgan fingerprint density at radius 1 is 1.39 bits per heavy atom. The Bertz CT molecular complexity index is 299. The Labute approximate surface area is 107 Å². The van der Waals surface area contributed by atoms with Crippen LogP contribution in [0.4, 0.5) is 4.79 Å². The molecular formula is C12H20N2O4. The van der Waals surface area contributed by atoms with Gasteiger partial charge in [0.2, 0.25) is 0 Å². The van der Waals surface area contributed by atoms with Crippen LogP contribution in [0.25, 0.3) is 0 Å². The van der Waals surface area contributed by atoms with Crippen molar-refractivity contribution in [2.45, 2.75) is 38.1 Å². The lowest BCUT2D eigenvalue weighted by Gasteiger charge is -2.14. The zero-order valence-corrected chi connectivity index (χ0v) is 10.4. The number of aliphatic carboxylic acids is 1. The first-order valence-corrected chi connectivity index (χ1v) is 5.91. The second-order valence-corrected chi connectivity index (χ2v) is 3.76. The molecule has 0 saturated carbocycles. The van der Waals surface area contributed by atoms with Crippen molar-refractivity contribution in [2.75, 3.05) is 13.2 Å². The fraction of sp³-hybridized carbons (Fsp3) is 0.667. The van der Waals surface area contributed by atoms with Gasteiger partial charge >= 0.3 is 12.1 Å². The van der Waals surface area contributed by atoms with Crippen molar-refractivity contribution in [3.8, 4) is 12.3 Å². The van der Waals surface area contributed by atoms with Crippen LogP contribution < -0.4 is 11.1 Å². The topological polar surface area (TPSA) is 102 Å². The van der Waals surface area contributed by atoms with Gasteiger partial charge in [0.25, 0.3) is 0 Å². The number of carbonyl (C=O) groups is 2. The third-order valence-corrected chi connectivity index (χ3v) is 2.24. The summed E-state index contributed by atoms with van der Waals surface area (Å²) in [6.07, 6.45) is 7.10. The molecule has 6 nitrogen and oxygen atoms in total. The molecule has 0 aliphatic heterocycles. The summed E-state index contributed by atoms with van der Waals surface area (Å²) in [4.78, 5) is 22.2. The largest absolute Gasteiger partial charge is 0.480 e. The van der Waals surface area contributed by atoms with E-state index < -0.39 is 18.1 Å². The number of terminal acetylenes is 1. The van der Waals surface area contributed by atoms with Crippen molar-refractivity contribution in [3.63, 3.8) is 0 Å². The van der Waals surface area contributed by atoms with Gasteiger partial charge in [-0.3, -0.25) is 0 Å². The van der Waals surface area contributed by atoms with E-state index in [1.807, 2.05) is 0 Å². The molecule has 18 heavy (non-hydrogen) atoms. The monoisotopic (exact) mass is 256 g/mol. The van der Waals surface area contributed by atoms with E-state index in [0.717, 1.165) is 6.42 Å². The number of carboxylic acids is 1. The van der Waals surface area contributed by atoms with Gasteiger partial charge in [-0.05, 0) is 32.2 Å². The SMILES string of the molecule is C#CCCCOC(=O)N[C@@H](CCCCN)C(=O)O. The minimum Gasteiger partial charge on any atom is -0.480 e. The smallest absolute Gasteiger partial charge is 0.407 e. The standard InChI is InChI=1S/C12H20N2O4/c1-2-3-6-9-18-12(17)14-10(11(15)16)7-4-5-8-13/h1,10H,3-9,13H2,(H,14,17)(H,15,16)/t10-/m0/s1. The number of nitrogens with two attached hydrogens (primary N) is 1. The van der Waals surface area contributed by atoms with E-state index in [0.29, 0.717) is 32.2 Å². The zero-order chi connectivity index (χ0) is 13.8. The van der Waals surface area contributed by atoms with Gasteiger partial charge < -0.3 is 20.9 Å². The second kappa shape index (κ2) is 10.4. The summed E-state index contributed by atoms with van der Waals surface area (Å²) < 4.78 is 4.80. The third-order valence-electron chi connectivity index (χ3n) is 2.24. The average Bonchev–Trinajstić information content (AvgIpc) is 2.33. The number of rotatable bonds is 9. The molecule has 0 aromatic heterocycles. The Hall–Kier alpha value is -1.74. The van der Waals surface area contributed by atoms with Crippen molar-refractivity contribution in [3.05, 3.63) is 0 Å². The summed E-state index contributed by atoms with van der Waals surface area (Å²) in [6.45, 7) is 0.689. The van der Waals surface area contributed by atoms with Gasteiger partial charge in [0.05, 0.1) is 6.61 Å². The summed E-state index contributed by atoms with van der Waals surface area (Å²) in [5.41, 5.74) is 5.31. The average molecular weight is 256 g/mol. The van der Waals surface area contributed by atoms with E-state index in [2.05, 4.69) is 11.2 Å². The van der Waals surface area contributed by atoms with E-state index in [1.54, 1.807) is 0 Å². The van der Waals surface area contributed by atoms with E-state index >= 15 is 0 Å². The van der Waals surface area contributed by atoms with Gasteiger partial charge in [0, 0.05) is 6.42 Å². The van der Waals surface area contributed by atoms with Crippen molar-refractivity contribution >= 4 is 12.1 Å². The van der Waals surface area contributed by atoms with Crippen LogP contribution in [-0.2, 0) is 9.53 Å². The minimum absolute atomic E-state index is 0.186. The molecule has 0 unspecified atom stereocenters. The molecule has 0 aromatic carbocycles. The zero-order valence-electron chi connectivity index (χ0n) is 10.4. The Morgan fingerprint density at radius 2 is 2.11 bits per heavy atom. The normalized spacial score (nSPS) is 11.3. The summed E-state index contributed by atoms with van der Waals surface area (Å²) in [5, 5.41) is 11.2. The molecule has 0 bridgehead atoms. The highest BCUT2D eigenvalue weighted by Gasteiger charge is 2.19. The third kappa shape index (κ3) is 8.42. The maximum absolute atomic E-state index is 11.3. The Kier molecular flexibility index (Phi) is 9.41. The number of amides is 1. The molecule has 102 valence electrons. The van der Waals surface area contributed by atoms with Crippen LogP contribution >= 0.6 is 0 Å². The predicted octanol–water partition coefficient (Wildman–Crippen LogP) is 0.708. The first-order valence-electron chi connectivity index (χ1n) is 5.91. The molecule has 4 N–H and O–H groups in total. The van der Waals surface area contributed by atoms with Crippen LogP contribution in [0.5, 0.6) is 0 Å². The van der Waals surface area contributed by atoms with Crippen LogP contribution in [0.2, 0.25) is 0 Å². The van der Waals surface area contributed by atoms with Crippen LogP contribution in [0, 0.1) is 12.3 Å². The molecule has 1 amide bonds. The lowest BCUT2D eigenvalue weighted by molar-refractivity contribution is -0.139. The summed E-state index contributed by atoms with van der Waals surface area (Å²) in [7, 11) is 0. The number of carbonyl (C=O) groups excluding carboxylic acids is 1.